The number of nitrogens with zero attached hydrogens (tertiary/aromatic N) is 2. The molecule has 1 fully saturated rings. The molecule has 5 nitrogen and oxygen atoms in total. The van der Waals surface area contributed by atoms with Crippen LogP contribution in [-0.4, -0.2) is 48.9 Å². The van der Waals surface area contributed by atoms with Crippen LogP contribution in [-0.2, 0) is 16.0 Å². The van der Waals surface area contributed by atoms with Gasteiger partial charge < -0.3 is 10.2 Å². The summed E-state index contributed by atoms with van der Waals surface area (Å²) in [6, 6.07) is 8.10. The summed E-state index contributed by atoms with van der Waals surface area (Å²) in [4.78, 5) is 29.5. The molecule has 2 aliphatic heterocycles. The van der Waals surface area contributed by atoms with Crippen molar-refractivity contribution in [1.29, 1.82) is 0 Å². The Morgan fingerprint density at radius 3 is 2.65 bits per heavy atom. The first-order valence-electron chi connectivity index (χ1n) is 10.0. The van der Waals surface area contributed by atoms with Gasteiger partial charge in [0.1, 0.15) is 0 Å². The number of carbonyl (C=O) groups excluding carboxylic acids is 2. The number of nitrogens with one attached hydrogen (secondary N) is 1. The molecular weight excluding hydrogens is 326 g/mol. The number of hydrogen-bond donors (Lipinski definition) is 1. The van der Waals surface area contributed by atoms with Crippen LogP contribution >= 0.6 is 0 Å². The van der Waals surface area contributed by atoms with E-state index in [0.29, 0.717) is 0 Å². The quantitative estimate of drug-likeness (QED) is 0.881. The molecule has 0 saturated carbocycles. The van der Waals surface area contributed by atoms with E-state index < -0.39 is 0 Å². The fourth-order valence-electron chi connectivity index (χ4n) is 4.09. The molecule has 0 aromatic heterocycles. The van der Waals surface area contributed by atoms with Crippen LogP contribution in [0.1, 0.15) is 45.1 Å². The summed E-state index contributed by atoms with van der Waals surface area (Å²) in [5, 5.41) is 3.00. The number of likely N-dealkylation sites (tertiary alicyclic amines) is 1. The molecule has 2 heterocycles. The van der Waals surface area contributed by atoms with Crippen molar-refractivity contribution in [3.05, 3.63) is 29.8 Å². The number of anilines is 1. The van der Waals surface area contributed by atoms with Crippen molar-refractivity contribution in [2.24, 2.45) is 5.92 Å². The molecule has 26 heavy (non-hydrogen) atoms. The van der Waals surface area contributed by atoms with Crippen molar-refractivity contribution in [2.75, 3.05) is 31.1 Å². The van der Waals surface area contributed by atoms with Gasteiger partial charge >= 0.3 is 0 Å². The van der Waals surface area contributed by atoms with E-state index in [2.05, 4.69) is 29.3 Å². The lowest BCUT2D eigenvalue weighted by molar-refractivity contribution is -0.127. The number of piperidine rings is 1. The highest BCUT2D eigenvalue weighted by Crippen LogP contribution is 2.28. The summed E-state index contributed by atoms with van der Waals surface area (Å²) >= 11 is 0. The first kappa shape index (κ1) is 18.9. The number of benzene rings is 1. The third-order valence-corrected chi connectivity index (χ3v) is 5.73. The summed E-state index contributed by atoms with van der Waals surface area (Å²) in [7, 11) is 0. The Balaban J connectivity index is 1.58. The van der Waals surface area contributed by atoms with E-state index in [9.17, 15) is 9.59 Å². The van der Waals surface area contributed by atoms with E-state index in [1.165, 1.54) is 5.56 Å². The molecule has 1 atom stereocenters. The van der Waals surface area contributed by atoms with Crippen LogP contribution in [0.2, 0.25) is 0 Å². The topological polar surface area (TPSA) is 52.7 Å². The van der Waals surface area contributed by atoms with Crippen molar-refractivity contribution in [3.63, 3.8) is 0 Å². The smallest absolute Gasteiger partial charge is 0.244 e. The molecular formula is C21H31N3O2. The molecule has 0 radical (unpaired) electrons. The van der Waals surface area contributed by atoms with E-state index in [1.807, 2.05) is 24.0 Å². The highest BCUT2D eigenvalue weighted by atomic mass is 16.2. The maximum atomic E-state index is 13.1. The van der Waals surface area contributed by atoms with Gasteiger partial charge in [0.05, 0.1) is 6.04 Å². The lowest BCUT2D eigenvalue weighted by atomic mass is 9.94. The van der Waals surface area contributed by atoms with Crippen molar-refractivity contribution < 1.29 is 9.59 Å². The molecule has 2 aliphatic rings. The van der Waals surface area contributed by atoms with E-state index >= 15 is 0 Å². The molecule has 0 aliphatic carbocycles. The number of hydrogen-bond acceptors (Lipinski definition) is 3. The van der Waals surface area contributed by atoms with Gasteiger partial charge in [-0.1, -0.05) is 25.1 Å². The number of aryl methyl sites for hydroxylation is 1. The second-order valence-electron chi connectivity index (χ2n) is 7.50. The zero-order valence-electron chi connectivity index (χ0n) is 16.0. The average molecular weight is 357 g/mol. The summed E-state index contributed by atoms with van der Waals surface area (Å²) in [6.07, 6.45) is 4.71. The zero-order chi connectivity index (χ0) is 18.5. The van der Waals surface area contributed by atoms with Crippen LogP contribution in [0.15, 0.2) is 24.3 Å². The Morgan fingerprint density at radius 2 is 1.92 bits per heavy atom. The molecule has 1 unspecified atom stereocenters. The average Bonchev–Trinajstić information content (AvgIpc) is 2.70. The number of carbonyl (C=O) groups is 2. The second-order valence-corrected chi connectivity index (χ2v) is 7.50. The molecule has 1 aromatic carbocycles. The molecule has 1 N–H and O–H groups in total. The van der Waals surface area contributed by atoms with Crippen LogP contribution < -0.4 is 10.2 Å². The normalized spacial score (nSPS) is 19.7. The van der Waals surface area contributed by atoms with Crippen molar-refractivity contribution >= 4 is 17.5 Å². The van der Waals surface area contributed by atoms with Gasteiger partial charge in [0.15, 0.2) is 0 Å². The third kappa shape index (κ3) is 4.09. The van der Waals surface area contributed by atoms with Crippen LogP contribution in [0.3, 0.4) is 0 Å². The van der Waals surface area contributed by atoms with E-state index in [4.69, 9.17) is 0 Å². The highest BCUT2D eigenvalue weighted by molar-refractivity contribution is 5.98. The molecule has 1 saturated heterocycles. The minimum absolute atomic E-state index is 0.0933. The van der Waals surface area contributed by atoms with Gasteiger partial charge in [0, 0.05) is 24.7 Å². The number of rotatable bonds is 5. The standard InChI is InChI=1S/C21H31N3O2/c1-3-12-22-20(25)18-10-14-23(15-11-18)16(2)21(26)24-13-6-8-17-7-4-5-9-19(17)24/h4-5,7,9,16,18H,3,6,8,10-15H2,1-2H3,(H,22,25). The molecule has 3 rings (SSSR count). The van der Waals surface area contributed by atoms with Gasteiger partial charge in [-0.3, -0.25) is 14.5 Å². The van der Waals surface area contributed by atoms with E-state index in [1.54, 1.807) is 0 Å². The summed E-state index contributed by atoms with van der Waals surface area (Å²) in [5.74, 6) is 0.456. The minimum Gasteiger partial charge on any atom is -0.356 e. The number of amides is 2. The SMILES string of the molecule is CCCNC(=O)C1CCN(C(C)C(=O)N2CCCc3ccccc32)CC1. The van der Waals surface area contributed by atoms with Gasteiger partial charge in [-0.2, -0.15) is 0 Å². The molecule has 0 bridgehead atoms. The number of fused-ring (bicyclic) bond motifs is 1. The van der Waals surface area contributed by atoms with Gasteiger partial charge in [0.2, 0.25) is 11.8 Å². The van der Waals surface area contributed by atoms with Crippen molar-refractivity contribution in [2.45, 2.75) is 52.0 Å². The summed E-state index contributed by atoms with van der Waals surface area (Å²) < 4.78 is 0. The van der Waals surface area contributed by atoms with Crippen LogP contribution in [0.25, 0.3) is 0 Å². The molecule has 142 valence electrons. The fourth-order valence-corrected chi connectivity index (χ4v) is 4.09. The lowest BCUT2D eigenvalue weighted by Gasteiger charge is -2.38. The molecule has 2 amide bonds. The predicted octanol–water partition coefficient (Wildman–Crippen LogP) is 2.59. The number of para-hydroxylation sites is 1. The molecule has 0 spiro atoms. The predicted molar refractivity (Wildman–Crippen MR) is 104 cm³/mol. The Kier molecular flexibility index (Phi) is 6.30. The van der Waals surface area contributed by atoms with Gasteiger partial charge in [-0.15, -0.1) is 0 Å². The Bertz CT molecular complexity index is 638. The van der Waals surface area contributed by atoms with Gasteiger partial charge in [-0.25, -0.2) is 0 Å². The van der Waals surface area contributed by atoms with Crippen molar-refractivity contribution in [1.82, 2.24) is 10.2 Å². The maximum absolute atomic E-state index is 13.1. The summed E-state index contributed by atoms with van der Waals surface area (Å²) in [6.45, 7) is 7.25. The monoisotopic (exact) mass is 357 g/mol. The largest absolute Gasteiger partial charge is 0.356 e. The van der Waals surface area contributed by atoms with Gasteiger partial charge in [0.25, 0.3) is 0 Å². The lowest BCUT2D eigenvalue weighted by Crippen LogP contribution is -2.52. The Labute approximate surface area is 156 Å². The van der Waals surface area contributed by atoms with Crippen LogP contribution in [0.4, 0.5) is 5.69 Å². The first-order chi connectivity index (χ1) is 12.6. The first-order valence-corrected chi connectivity index (χ1v) is 10.0. The van der Waals surface area contributed by atoms with E-state index in [0.717, 1.165) is 64.0 Å². The summed E-state index contributed by atoms with van der Waals surface area (Å²) in [5.41, 5.74) is 2.34. The van der Waals surface area contributed by atoms with Gasteiger partial charge in [-0.05, 0) is 63.7 Å². The second kappa shape index (κ2) is 8.67. The molecule has 1 aromatic rings. The Morgan fingerprint density at radius 1 is 1.19 bits per heavy atom. The fraction of sp³-hybridized carbons (Fsp3) is 0.619. The zero-order valence-corrected chi connectivity index (χ0v) is 16.0. The highest BCUT2D eigenvalue weighted by Gasteiger charge is 2.33. The molecule has 5 heteroatoms. The minimum atomic E-state index is -0.138. The van der Waals surface area contributed by atoms with Crippen LogP contribution in [0.5, 0.6) is 0 Å². The third-order valence-electron chi connectivity index (χ3n) is 5.73. The van der Waals surface area contributed by atoms with E-state index in [-0.39, 0.29) is 23.8 Å². The van der Waals surface area contributed by atoms with Crippen molar-refractivity contribution in [3.8, 4) is 0 Å². The maximum Gasteiger partial charge on any atom is 0.244 e. The van der Waals surface area contributed by atoms with Crippen LogP contribution in [0, 0.1) is 5.92 Å². The Hall–Kier alpha value is -1.88.